The molecule has 552 valence electrons. The van der Waals surface area contributed by atoms with Gasteiger partial charge in [-0.15, -0.1) is 0 Å². The fourth-order valence-electron chi connectivity index (χ4n) is 11.4. The van der Waals surface area contributed by atoms with Gasteiger partial charge in [0.05, 0.1) is 26.4 Å². The van der Waals surface area contributed by atoms with Gasteiger partial charge in [0.2, 0.25) is 0 Å². The molecule has 0 aromatic rings. The van der Waals surface area contributed by atoms with Gasteiger partial charge in [0.1, 0.15) is 19.3 Å². The first-order chi connectivity index (χ1) is 45.0. The molecule has 0 aliphatic rings. The monoisotopic (exact) mass is 1370 g/mol. The van der Waals surface area contributed by atoms with Crippen molar-refractivity contribution in [2.75, 3.05) is 39.6 Å². The Morgan fingerprint density at radius 2 is 0.495 bits per heavy atom. The molecule has 19 heteroatoms. The van der Waals surface area contributed by atoms with E-state index in [-0.39, 0.29) is 25.7 Å². The van der Waals surface area contributed by atoms with Crippen LogP contribution in [-0.4, -0.2) is 96.7 Å². The van der Waals surface area contributed by atoms with Crippen molar-refractivity contribution < 1.29 is 80.2 Å². The SMILES string of the molecule is CCCCCCCCCCCCCCCCCCC(=O)OC[C@H](COP(=O)(O)OC[C@@H](O)COP(=O)(O)OC[C@@H](COC(=O)CCCCCCCCCC(C)C)OC(=O)CCCCCCCCCCCCC)OC(=O)CCCCCCCCCCCCCCCCCC. The number of rotatable bonds is 74. The van der Waals surface area contributed by atoms with Crippen LogP contribution in [-0.2, 0) is 65.4 Å². The van der Waals surface area contributed by atoms with Gasteiger partial charge < -0.3 is 33.8 Å². The van der Waals surface area contributed by atoms with Crippen molar-refractivity contribution in [2.45, 2.75) is 406 Å². The highest BCUT2D eigenvalue weighted by Crippen LogP contribution is 2.45. The second-order valence-corrected chi connectivity index (χ2v) is 30.1. The summed E-state index contributed by atoms with van der Waals surface area (Å²) in [4.78, 5) is 72.7. The van der Waals surface area contributed by atoms with E-state index in [4.69, 9.17) is 37.0 Å². The summed E-state index contributed by atoms with van der Waals surface area (Å²) in [6.45, 7) is 7.22. The van der Waals surface area contributed by atoms with Crippen LogP contribution < -0.4 is 0 Å². The zero-order valence-electron chi connectivity index (χ0n) is 60.4. The second-order valence-electron chi connectivity index (χ2n) is 27.2. The van der Waals surface area contributed by atoms with E-state index in [1.807, 2.05) is 0 Å². The van der Waals surface area contributed by atoms with Crippen molar-refractivity contribution in [1.29, 1.82) is 0 Å². The lowest BCUT2D eigenvalue weighted by molar-refractivity contribution is -0.161. The lowest BCUT2D eigenvalue weighted by atomic mass is 10.0. The van der Waals surface area contributed by atoms with Crippen LogP contribution in [0.15, 0.2) is 0 Å². The summed E-state index contributed by atoms with van der Waals surface area (Å²) in [5.41, 5.74) is 0. The number of unbranched alkanes of at least 4 members (excludes halogenated alkanes) is 46. The van der Waals surface area contributed by atoms with Crippen molar-refractivity contribution in [1.82, 2.24) is 0 Å². The molecule has 0 rings (SSSR count). The number of phosphoric ester groups is 2. The Hall–Kier alpha value is -1.94. The van der Waals surface area contributed by atoms with Crippen LogP contribution in [0.3, 0.4) is 0 Å². The molecule has 5 atom stereocenters. The predicted octanol–water partition coefficient (Wildman–Crippen LogP) is 21.7. The van der Waals surface area contributed by atoms with Crippen LogP contribution in [0, 0.1) is 5.92 Å². The Kier molecular flexibility index (Phi) is 65.9. The third-order valence-electron chi connectivity index (χ3n) is 17.3. The number of ether oxygens (including phenoxy) is 4. The highest BCUT2D eigenvalue weighted by molar-refractivity contribution is 7.47. The summed E-state index contributed by atoms with van der Waals surface area (Å²) < 4.78 is 68.4. The zero-order chi connectivity index (χ0) is 68.4. The number of phosphoric acid groups is 2. The first-order valence-electron chi connectivity index (χ1n) is 38.6. The number of carbonyl (C=O) groups excluding carboxylic acids is 4. The van der Waals surface area contributed by atoms with Gasteiger partial charge in [-0.05, 0) is 31.6 Å². The van der Waals surface area contributed by atoms with Gasteiger partial charge in [0, 0.05) is 25.7 Å². The highest BCUT2D eigenvalue weighted by atomic mass is 31.2. The Bertz CT molecular complexity index is 1790. The Morgan fingerprint density at radius 3 is 0.731 bits per heavy atom. The predicted molar refractivity (Wildman–Crippen MR) is 377 cm³/mol. The van der Waals surface area contributed by atoms with Crippen LogP contribution >= 0.6 is 15.6 Å². The molecule has 0 heterocycles. The minimum atomic E-state index is -4.95. The van der Waals surface area contributed by atoms with E-state index in [9.17, 15) is 43.2 Å². The summed E-state index contributed by atoms with van der Waals surface area (Å²) in [6.07, 6.45) is 55.5. The lowest BCUT2D eigenvalue weighted by Crippen LogP contribution is -2.30. The molecular formula is C74H144O17P2. The van der Waals surface area contributed by atoms with Crippen molar-refractivity contribution in [3.05, 3.63) is 0 Å². The molecule has 0 aromatic heterocycles. The van der Waals surface area contributed by atoms with Gasteiger partial charge in [0.25, 0.3) is 0 Å². The number of aliphatic hydroxyl groups excluding tert-OH is 1. The van der Waals surface area contributed by atoms with Gasteiger partial charge in [0.15, 0.2) is 12.2 Å². The standard InChI is InChI=1S/C74H144O17P2/c1-6-9-12-15-18-21-24-26-28-30-32-35-37-42-47-52-57-71(76)84-63-69(90-74(79)60-55-50-44-39-36-33-31-29-27-25-22-19-16-13-10-7-2)65-88-92(80,81)86-61-68(75)62-87-93(82,83)89-66-70(64-85-72(77)58-53-48-45-40-41-46-51-56-67(4)5)91-73(78)59-54-49-43-38-34-23-20-17-14-11-8-3/h67-70,75H,6-66H2,1-5H3,(H,80,81)(H,82,83)/t68-,69-,70-/m1/s1. The molecule has 0 saturated heterocycles. The summed E-state index contributed by atoms with van der Waals surface area (Å²) in [6, 6.07) is 0. The molecular weight excluding hydrogens is 1220 g/mol. The van der Waals surface area contributed by atoms with E-state index in [0.717, 1.165) is 96.3 Å². The lowest BCUT2D eigenvalue weighted by Gasteiger charge is -2.21. The normalized spacial score (nSPS) is 14.0. The van der Waals surface area contributed by atoms with Gasteiger partial charge in [-0.2, -0.15) is 0 Å². The van der Waals surface area contributed by atoms with Crippen molar-refractivity contribution in [3.63, 3.8) is 0 Å². The molecule has 0 amide bonds. The van der Waals surface area contributed by atoms with E-state index in [1.165, 1.54) is 205 Å². The Morgan fingerprint density at radius 1 is 0.290 bits per heavy atom. The molecule has 0 aliphatic heterocycles. The van der Waals surface area contributed by atoms with Crippen LogP contribution in [0.2, 0.25) is 0 Å². The molecule has 0 aromatic carbocycles. The third-order valence-corrected chi connectivity index (χ3v) is 19.2. The molecule has 93 heavy (non-hydrogen) atoms. The van der Waals surface area contributed by atoms with Gasteiger partial charge in [-0.3, -0.25) is 37.3 Å². The van der Waals surface area contributed by atoms with Crippen LogP contribution in [0.25, 0.3) is 0 Å². The maximum atomic E-state index is 13.1. The average molecular weight is 1370 g/mol. The van der Waals surface area contributed by atoms with Gasteiger partial charge in [-0.25, -0.2) is 9.13 Å². The maximum absolute atomic E-state index is 13.1. The first-order valence-corrected chi connectivity index (χ1v) is 41.6. The van der Waals surface area contributed by atoms with Crippen LogP contribution in [0.4, 0.5) is 0 Å². The fraction of sp³-hybridized carbons (Fsp3) is 0.946. The number of carbonyl (C=O) groups is 4. The van der Waals surface area contributed by atoms with E-state index in [0.29, 0.717) is 31.6 Å². The molecule has 3 N–H and O–H groups in total. The minimum absolute atomic E-state index is 0.106. The number of hydrogen-bond acceptors (Lipinski definition) is 15. The highest BCUT2D eigenvalue weighted by Gasteiger charge is 2.30. The summed E-state index contributed by atoms with van der Waals surface area (Å²) in [5.74, 6) is -1.41. The third kappa shape index (κ3) is 68.4. The quantitative estimate of drug-likeness (QED) is 0.0222. The summed E-state index contributed by atoms with van der Waals surface area (Å²) in [5, 5.41) is 10.6. The molecule has 0 bridgehead atoms. The number of aliphatic hydroxyl groups is 1. The number of esters is 4. The molecule has 0 saturated carbocycles. The van der Waals surface area contributed by atoms with E-state index >= 15 is 0 Å². The van der Waals surface area contributed by atoms with Gasteiger partial charge in [-0.1, -0.05) is 336 Å². The van der Waals surface area contributed by atoms with Crippen molar-refractivity contribution in [3.8, 4) is 0 Å². The minimum Gasteiger partial charge on any atom is -0.462 e. The Labute approximate surface area is 568 Å². The molecule has 0 radical (unpaired) electrons. The van der Waals surface area contributed by atoms with E-state index in [1.54, 1.807) is 0 Å². The fourth-order valence-corrected chi connectivity index (χ4v) is 12.9. The molecule has 0 fully saturated rings. The second kappa shape index (κ2) is 67.3. The largest absolute Gasteiger partial charge is 0.472 e. The van der Waals surface area contributed by atoms with E-state index < -0.39 is 97.5 Å². The van der Waals surface area contributed by atoms with Crippen LogP contribution in [0.1, 0.15) is 388 Å². The molecule has 17 nitrogen and oxygen atoms in total. The first kappa shape index (κ1) is 91.1. The van der Waals surface area contributed by atoms with E-state index in [2.05, 4.69) is 34.6 Å². The molecule has 0 aliphatic carbocycles. The van der Waals surface area contributed by atoms with Crippen molar-refractivity contribution >= 4 is 39.5 Å². The smallest absolute Gasteiger partial charge is 0.462 e. The topological polar surface area (TPSA) is 237 Å². The Balaban J connectivity index is 5.23. The van der Waals surface area contributed by atoms with Gasteiger partial charge >= 0.3 is 39.5 Å². The summed E-state index contributed by atoms with van der Waals surface area (Å²) >= 11 is 0. The average Bonchev–Trinajstić information content (AvgIpc) is 2.60. The van der Waals surface area contributed by atoms with Crippen LogP contribution in [0.5, 0.6) is 0 Å². The molecule has 0 spiro atoms. The summed E-state index contributed by atoms with van der Waals surface area (Å²) in [7, 11) is -9.90. The number of hydrogen-bond donors (Lipinski definition) is 3. The zero-order valence-corrected chi connectivity index (χ0v) is 62.2. The maximum Gasteiger partial charge on any atom is 0.472 e. The molecule has 2 unspecified atom stereocenters. The van der Waals surface area contributed by atoms with Crippen molar-refractivity contribution in [2.24, 2.45) is 5.92 Å².